The summed E-state index contributed by atoms with van der Waals surface area (Å²) in [7, 11) is 1.57. The summed E-state index contributed by atoms with van der Waals surface area (Å²) in [5.74, 6) is 0.217. The predicted molar refractivity (Wildman–Crippen MR) is 97.6 cm³/mol. The molecule has 1 aromatic heterocycles. The van der Waals surface area contributed by atoms with Gasteiger partial charge < -0.3 is 10.5 Å². The van der Waals surface area contributed by atoms with Crippen LogP contribution in [-0.2, 0) is 0 Å². The van der Waals surface area contributed by atoms with Crippen LogP contribution in [0.25, 0.3) is 11.1 Å². The highest BCUT2D eigenvalue weighted by molar-refractivity contribution is 6.32. The SMILES string of the molecule is CCC(N)c1cc(Cl)c(C)c(-c2cncc(F)c2)c1OC.Cl.Cl. The van der Waals surface area contributed by atoms with Gasteiger partial charge in [0.2, 0.25) is 0 Å². The Morgan fingerprint density at radius 1 is 1.30 bits per heavy atom. The highest BCUT2D eigenvalue weighted by Crippen LogP contribution is 2.42. The van der Waals surface area contributed by atoms with Gasteiger partial charge in [-0.2, -0.15) is 0 Å². The first-order valence-electron chi connectivity index (χ1n) is 6.73. The van der Waals surface area contributed by atoms with Crippen LogP contribution in [-0.4, -0.2) is 12.1 Å². The molecule has 0 fully saturated rings. The minimum Gasteiger partial charge on any atom is -0.496 e. The van der Waals surface area contributed by atoms with E-state index in [-0.39, 0.29) is 30.9 Å². The van der Waals surface area contributed by atoms with Crippen molar-refractivity contribution in [2.75, 3.05) is 7.11 Å². The van der Waals surface area contributed by atoms with Crippen molar-refractivity contribution < 1.29 is 9.13 Å². The number of rotatable bonds is 4. The molecule has 0 spiro atoms. The smallest absolute Gasteiger partial charge is 0.142 e. The van der Waals surface area contributed by atoms with Crippen molar-refractivity contribution in [1.29, 1.82) is 0 Å². The number of methoxy groups -OCH3 is 1. The van der Waals surface area contributed by atoms with E-state index in [1.165, 1.54) is 6.07 Å². The molecule has 1 unspecified atom stereocenters. The van der Waals surface area contributed by atoms with E-state index in [4.69, 9.17) is 22.1 Å². The van der Waals surface area contributed by atoms with Gasteiger partial charge in [0.25, 0.3) is 0 Å². The van der Waals surface area contributed by atoms with Gasteiger partial charge in [0.05, 0.1) is 13.3 Å². The fourth-order valence-electron chi connectivity index (χ4n) is 2.36. The van der Waals surface area contributed by atoms with Crippen LogP contribution in [0.2, 0.25) is 5.02 Å². The van der Waals surface area contributed by atoms with E-state index >= 15 is 0 Å². The lowest BCUT2D eigenvalue weighted by atomic mass is 9.93. The topological polar surface area (TPSA) is 48.1 Å². The monoisotopic (exact) mass is 380 g/mol. The number of ether oxygens (including phenoxy) is 1. The van der Waals surface area contributed by atoms with E-state index < -0.39 is 5.82 Å². The number of halogens is 4. The summed E-state index contributed by atoms with van der Waals surface area (Å²) in [6, 6.07) is 3.04. The molecule has 2 rings (SSSR count). The van der Waals surface area contributed by atoms with E-state index in [9.17, 15) is 4.39 Å². The summed E-state index contributed by atoms with van der Waals surface area (Å²) in [5.41, 5.74) is 9.12. The van der Waals surface area contributed by atoms with Gasteiger partial charge >= 0.3 is 0 Å². The second-order valence-corrected chi connectivity index (χ2v) is 5.29. The van der Waals surface area contributed by atoms with Gasteiger partial charge in [-0.1, -0.05) is 18.5 Å². The van der Waals surface area contributed by atoms with Crippen molar-refractivity contribution in [1.82, 2.24) is 4.98 Å². The minimum atomic E-state index is -0.407. The summed E-state index contributed by atoms with van der Waals surface area (Å²) < 4.78 is 19.0. The molecule has 0 saturated heterocycles. The third kappa shape index (κ3) is 4.48. The molecule has 0 aliphatic rings. The van der Waals surface area contributed by atoms with Gasteiger partial charge in [-0.25, -0.2) is 4.39 Å². The van der Waals surface area contributed by atoms with E-state index in [1.54, 1.807) is 13.3 Å². The molecule has 0 aliphatic carbocycles. The Bertz CT molecular complexity index is 668. The van der Waals surface area contributed by atoms with Crippen LogP contribution in [0.15, 0.2) is 24.5 Å². The molecule has 0 radical (unpaired) electrons. The Morgan fingerprint density at radius 2 is 1.96 bits per heavy atom. The predicted octanol–water partition coefficient (Wildman–Crippen LogP) is 5.11. The van der Waals surface area contributed by atoms with Crippen molar-refractivity contribution >= 4 is 36.4 Å². The van der Waals surface area contributed by atoms with E-state index in [0.717, 1.165) is 29.3 Å². The summed E-state index contributed by atoms with van der Waals surface area (Å²) >= 11 is 6.31. The molecule has 2 aromatic rings. The molecule has 128 valence electrons. The Hall–Kier alpha value is -1.07. The molecule has 1 atom stereocenters. The fraction of sp³-hybridized carbons (Fsp3) is 0.312. The number of pyridine rings is 1. The lowest BCUT2D eigenvalue weighted by Gasteiger charge is -2.20. The first kappa shape index (κ1) is 21.9. The molecule has 0 amide bonds. The number of hydrogen-bond acceptors (Lipinski definition) is 3. The van der Waals surface area contributed by atoms with Crippen LogP contribution < -0.4 is 10.5 Å². The number of nitrogens with two attached hydrogens (primary N) is 1. The summed E-state index contributed by atoms with van der Waals surface area (Å²) in [5, 5.41) is 0.578. The first-order valence-corrected chi connectivity index (χ1v) is 7.10. The third-order valence-electron chi connectivity index (χ3n) is 3.54. The molecule has 2 N–H and O–H groups in total. The molecular formula is C16H20Cl3FN2O. The number of nitrogens with zero attached hydrogens (tertiary/aromatic N) is 1. The largest absolute Gasteiger partial charge is 0.496 e. The van der Waals surface area contributed by atoms with Gasteiger partial charge in [-0.15, -0.1) is 24.8 Å². The maximum atomic E-state index is 13.5. The Labute approximate surface area is 153 Å². The van der Waals surface area contributed by atoms with Gasteiger partial charge in [0.15, 0.2) is 0 Å². The van der Waals surface area contributed by atoms with Crippen molar-refractivity contribution in [3.8, 4) is 16.9 Å². The first-order chi connectivity index (χ1) is 9.99. The fourth-order valence-corrected chi connectivity index (χ4v) is 2.57. The zero-order chi connectivity index (χ0) is 15.6. The van der Waals surface area contributed by atoms with Gasteiger partial charge in [-0.05, 0) is 31.0 Å². The molecule has 0 aliphatic heterocycles. The van der Waals surface area contributed by atoms with E-state index in [2.05, 4.69) is 4.98 Å². The highest BCUT2D eigenvalue weighted by atomic mass is 35.5. The Kier molecular flexibility index (Phi) is 8.85. The zero-order valence-electron chi connectivity index (χ0n) is 13.1. The summed E-state index contributed by atoms with van der Waals surface area (Å²) in [6.45, 7) is 3.85. The second-order valence-electron chi connectivity index (χ2n) is 4.89. The van der Waals surface area contributed by atoms with E-state index in [0.29, 0.717) is 16.3 Å². The zero-order valence-corrected chi connectivity index (χ0v) is 15.5. The molecule has 0 saturated carbocycles. The average Bonchev–Trinajstić information content (AvgIpc) is 2.48. The molecule has 0 bridgehead atoms. The minimum absolute atomic E-state index is 0. The van der Waals surface area contributed by atoms with Crippen LogP contribution in [0.3, 0.4) is 0 Å². The molecule has 1 aromatic carbocycles. The van der Waals surface area contributed by atoms with Crippen LogP contribution in [0.1, 0.15) is 30.5 Å². The van der Waals surface area contributed by atoms with Crippen LogP contribution >= 0.6 is 36.4 Å². The maximum absolute atomic E-state index is 13.5. The summed E-state index contributed by atoms with van der Waals surface area (Å²) in [4.78, 5) is 3.90. The Morgan fingerprint density at radius 3 is 2.48 bits per heavy atom. The average molecular weight is 382 g/mol. The van der Waals surface area contributed by atoms with Crippen LogP contribution in [0.4, 0.5) is 4.39 Å². The lowest BCUT2D eigenvalue weighted by Crippen LogP contribution is -2.11. The molecule has 3 nitrogen and oxygen atoms in total. The normalized spacial score (nSPS) is 11.2. The number of hydrogen-bond donors (Lipinski definition) is 1. The van der Waals surface area contributed by atoms with E-state index in [1.807, 2.05) is 19.9 Å². The third-order valence-corrected chi connectivity index (χ3v) is 3.93. The van der Waals surface area contributed by atoms with Crippen molar-refractivity contribution in [2.24, 2.45) is 5.73 Å². The quantitative estimate of drug-likeness (QED) is 0.800. The number of benzene rings is 1. The second kappa shape index (κ2) is 9.28. The van der Waals surface area contributed by atoms with Crippen molar-refractivity contribution in [3.05, 3.63) is 46.5 Å². The number of aromatic nitrogens is 1. The van der Waals surface area contributed by atoms with Gasteiger partial charge in [-0.3, -0.25) is 4.98 Å². The van der Waals surface area contributed by atoms with Crippen molar-refractivity contribution in [3.63, 3.8) is 0 Å². The van der Waals surface area contributed by atoms with Crippen LogP contribution in [0.5, 0.6) is 5.75 Å². The van der Waals surface area contributed by atoms with Gasteiger partial charge in [0.1, 0.15) is 11.6 Å². The van der Waals surface area contributed by atoms with Crippen LogP contribution in [0, 0.1) is 12.7 Å². The van der Waals surface area contributed by atoms with Gasteiger partial charge in [0, 0.05) is 34.0 Å². The summed E-state index contributed by atoms with van der Waals surface area (Å²) in [6.07, 6.45) is 3.50. The lowest BCUT2D eigenvalue weighted by molar-refractivity contribution is 0.406. The molecule has 7 heteroatoms. The van der Waals surface area contributed by atoms with Crippen molar-refractivity contribution in [2.45, 2.75) is 26.3 Å². The highest BCUT2D eigenvalue weighted by Gasteiger charge is 2.20. The maximum Gasteiger partial charge on any atom is 0.142 e. The molecule has 1 heterocycles. The Balaban J connectivity index is 0.00000242. The molecule has 23 heavy (non-hydrogen) atoms. The standard InChI is InChI=1S/C16H18ClFN2O.2ClH/c1-4-14(19)12-6-13(17)9(2)15(16(12)21-3)10-5-11(18)8-20-7-10;;/h5-8,14H,4,19H2,1-3H3;2*1H. The molecular weight excluding hydrogens is 362 g/mol.